The van der Waals surface area contributed by atoms with E-state index < -0.39 is 7.82 Å². The molecule has 3 aromatic rings. The smallest absolute Gasteiger partial charge is 0.287 e. The van der Waals surface area contributed by atoms with Crippen LogP contribution in [-0.2, 0) is 42.8 Å². The second-order valence-electron chi connectivity index (χ2n) is 10.1. The van der Waals surface area contributed by atoms with Crippen LogP contribution in [0.5, 0.6) is 0 Å². The Morgan fingerprint density at radius 1 is 0.622 bits per heavy atom. The Hall–Kier alpha value is -2.23. The normalized spacial score (nSPS) is 12.1. The molecule has 0 fully saturated rings. The molecule has 0 aliphatic rings. The molecular weight excluding hydrogens is 479 g/mol. The van der Waals surface area contributed by atoms with E-state index in [2.05, 4.69) is 69.3 Å². The van der Waals surface area contributed by atoms with Crippen molar-refractivity contribution in [2.45, 2.75) is 71.1 Å². The fourth-order valence-electron chi connectivity index (χ4n) is 4.33. The molecule has 0 saturated heterocycles. The minimum absolute atomic E-state index is 0.121. The Balaban J connectivity index is 1.51. The van der Waals surface area contributed by atoms with E-state index in [0.717, 1.165) is 44.9 Å². The summed E-state index contributed by atoms with van der Waals surface area (Å²) >= 11 is 0. The molecule has 0 aromatic heterocycles. The van der Waals surface area contributed by atoms with Gasteiger partial charge in [0.25, 0.3) is 0 Å². The zero-order chi connectivity index (χ0) is 26.4. The van der Waals surface area contributed by atoms with Gasteiger partial charge in [-0.25, -0.2) is 4.57 Å². The van der Waals surface area contributed by atoms with E-state index in [1.807, 2.05) is 36.4 Å². The molecule has 0 spiro atoms. The summed E-state index contributed by atoms with van der Waals surface area (Å²) in [5.74, 6) is 0. The average Bonchev–Trinajstić information content (AvgIpc) is 2.93. The molecule has 0 aliphatic carbocycles. The number of phosphoric acid groups is 1. The third kappa shape index (κ3) is 10.2. The van der Waals surface area contributed by atoms with Crippen LogP contribution in [0.2, 0.25) is 0 Å². The average molecular weight is 523 g/mol. The number of hydrogen-bond donors (Lipinski definition) is 0. The highest BCUT2D eigenvalue weighted by Gasteiger charge is 2.27. The van der Waals surface area contributed by atoms with E-state index in [1.165, 1.54) is 22.3 Å². The first-order chi connectivity index (χ1) is 17.9. The molecule has 37 heavy (non-hydrogen) atoms. The van der Waals surface area contributed by atoms with Crippen LogP contribution in [-0.4, -0.2) is 19.8 Å². The SMILES string of the molecule is CCC(C)(C)c1ccccc1CCCOP(=O)(OCCCc1ccccc1)OCCCc1ccccc1. The quantitative estimate of drug-likeness (QED) is 0.131. The summed E-state index contributed by atoms with van der Waals surface area (Å²) in [5.41, 5.74) is 5.28. The van der Waals surface area contributed by atoms with Crippen molar-refractivity contribution in [2.24, 2.45) is 0 Å². The first kappa shape index (κ1) is 29.3. The third-order valence-electron chi connectivity index (χ3n) is 6.87. The summed E-state index contributed by atoms with van der Waals surface area (Å²) in [4.78, 5) is 0. The molecule has 0 radical (unpaired) electrons. The van der Waals surface area contributed by atoms with Gasteiger partial charge in [-0.15, -0.1) is 0 Å². The minimum atomic E-state index is -3.63. The second kappa shape index (κ2) is 15.2. The molecule has 200 valence electrons. The Morgan fingerprint density at radius 2 is 1.05 bits per heavy atom. The fraction of sp³-hybridized carbons (Fsp3) is 0.438. The van der Waals surface area contributed by atoms with Gasteiger partial charge in [-0.1, -0.05) is 106 Å². The van der Waals surface area contributed by atoms with Crippen LogP contribution in [0.1, 0.15) is 68.7 Å². The Bertz CT molecular complexity index is 1030. The maximum absolute atomic E-state index is 13.5. The summed E-state index contributed by atoms with van der Waals surface area (Å²) < 4.78 is 30.8. The summed E-state index contributed by atoms with van der Waals surface area (Å²) in [6, 6.07) is 29.1. The molecule has 0 aliphatic heterocycles. The zero-order valence-electron chi connectivity index (χ0n) is 22.7. The zero-order valence-corrected chi connectivity index (χ0v) is 23.6. The van der Waals surface area contributed by atoms with Crippen LogP contribution in [0.15, 0.2) is 84.9 Å². The fourth-order valence-corrected chi connectivity index (χ4v) is 5.62. The molecule has 0 amide bonds. The predicted octanol–water partition coefficient (Wildman–Crippen LogP) is 8.73. The highest BCUT2D eigenvalue weighted by molar-refractivity contribution is 7.48. The largest absolute Gasteiger partial charge is 0.474 e. The maximum Gasteiger partial charge on any atom is 0.474 e. The van der Waals surface area contributed by atoms with E-state index in [-0.39, 0.29) is 5.41 Å². The molecule has 0 heterocycles. The topological polar surface area (TPSA) is 44.8 Å². The van der Waals surface area contributed by atoms with Crippen LogP contribution >= 0.6 is 7.82 Å². The molecule has 0 saturated carbocycles. The molecule has 3 aromatic carbocycles. The first-order valence-electron chi connectivity index (χ1n) is 13.6. The van der Waals surface area contributed by atoms with Crippen LogP contribution in [0.25, 0.3) is 0 Å². The van der Waals surface area contributed by atoms with E-state index in [1.54, 1.807) is 0 Å². The lowest BCUT2D eigenvalue weighted by atomic mass is 9.79. The molecule has 4 nitrogen and oxygen atoms in total. The summed E-state index contributed by atoms with van der Waals surface area (Å²) in [6.45, 7) is 7.78. The predicted molar refractivity (Wildman–Crippen MR) is 153 cm³/mol. The molecule has 0 bridgehead atoms. The van der Waals surface area contributed by atoms with Crippen molar-refractivity contribution < 1.29 is 18.1 Å². The number of hydrogen-bond acceptors (Lipinski definition) is 4. The summed E-state index contributed by atoms with van der Waals surface area (Å²) in [7, 11) is -3.63. The first-order valence-corrected chi connectivity index (χ1v) is 15.1. The lowest BCUT2D eigenvalue weighted by Gasteiger charge is -2.26. The van der Waals surface area contributed by atoms with Crippen molar-refractivity contribution in [1.82, 2.24) is 0 Å². The third-order valence-corrected chi connectivity index (χ3v) is 8.37. The van der Waals surface area contributed by atoms with Gasteiger partial charge in [0.05, 0.1) is 19.8 Å². The number of rotatable bonds is 17. The van der Waals surface area contributed by atoms with Crippen molar-refractivity contribution >= 4 is 7.82 Å². The van der Waals surface area contributed by atoms with Crippen molar-refractivity contribution in [3.05, 3.63) is 107 Å². The Kier molecular flexibility index (Phi) is 12.1. The van der Waals surface area contributed by atoms with Crippen LogP contribution in [0.4, 0.5) is 0 Å². The number of benzene rings is 3. The van der Waals surface area contributed by atoms with E-state index in [9.17, 15) is 4.57 Å². The van der Waals surface area contributed by atoms with Gasteiger partial charge < -0.3 is 0 Å². The summed E-state index contributed by atoms with van der Waals surface area (Å²) in [6.07, 6.45) is 5.92. The van der Waals surface area contributed by atoms with Gasteiger partial charge in [0.15, 0.2) is 0 Å². The van der Waals surface area contributed by atoms with Gasteiger partial charge in [0, 0.05) is 0 Å². The lowest BCUT2D eigenvalue weighted by Crippen LogP contribution is -2.18. The maximum atomic E-state index is 13.5. The Labute approximate surface area is 224 Å². The van der Waals surface area contributed by atoms with Crippen LogP contribution in [0.3, 0.4) is 0 Å². The van der Waals surface area contributed by atoms with Crippen LogP contribution < -0.4 is 0 Å². The van der Waals surface area contributed by atoms with Crippen molar-refractivity contribution in [3.8, 4) is 0 Å². The Morgan fingerprint density at radius 3 is 1.54 bits per heavy atom. The molecule has 0 atom stereocenters. The van der Waals surface area contributed by atoms with Gasteiger partial charge >= 0.3 is 7.82 Å². The highest BCUT2D eigenvalue weighted by atomic mass is 31.2. The molecule has 3 rings (SSSR count). The van der Waals surface area contributed by atoms with E-state index in [4.69, 9.17) is 13.6 Å². The van der Waals surface area contributed by atoms with Crippen molar-refractivity contribution in [3.63, 3.8) is 0 Å². The molecule has 5 heteroatoms. The summed E-state index contributed by atoms with van der Waals surface area (Å²) in [5, 5.41) is 0. The monoisotopic (exact) mass is 522 g/mol. The molecule has 0 unspecified atom stereocenters. The van der Waals surface area contributed by atoms with Gasteiger partial charge in [-0.2, -0.15) is 0 Å². The molecular formula is C32H43O4P. The van der Waals surface area contributed by atoms with Crippen molar-refractivity contribution in [1.29, 1.82) is 0 Å². The van der Waals surface area contributed by atoms with Gasteiger partial charge in [-0.3, -0.25) is 13.6 Å². The van der Waals surface area contributed by atoms with Crippen molar-refractivity contribution in [2.75, 3.05) is 19.8 Å². The minimum Gasteiger partial charge on any atom is -0.287 e. The van der Waals surface area contributed by atoms with Crippen LogP contribution in [0, 0.1) is 0 Å². The number of aryl methyl sites for hydroxylation is 3. The van der Waals surface area contributed by atoms with E-state index in [0.29, 0.717) is 19.8 Å². The van der Waals surface area contributed by atoms with E-state index >= 15 is 0 Å². The highest BCUT2D eigenvalue weighted by Crippen LogP contribution is 2.50. The standard InChI is InChI=1S/C32H43O4P/c1-4-32(2,3)31-24-12-11-22-30(31)23-15-27-36-37(33,34-25-13-20-28-16-7-5-8-17-28)35-26-14-21-29-18-9-6-10-19-29/h5-12,16-19,22,24H,4,13-15,20-21,23,25-27H2,1-3H3. The lowest BCUT2D eigenvalue weighted by molar-refractivity contribution is 0.110. The second-order valence-corrected chi connectivity index (χ2v) is 11.8. The van der Waals surface area contributed by atoms with Gasteiger partial charge in [0.1, 0.15) is 0 Å². The van der Waals surface area contributed by atoms with Gasteiger partial charge in [0.2, 0.25) is 0 Å². The van der Waals surface area contributed by atoms with Gasteiger partial charge in [-0.05, 0) is 72.6 Å². The molecule has 0 N–H and O–H groups in total. The number of phosphoric ester groups is 1.